The zero-order valence-corrected chi connectivity index (χ0v) is 14.6. The first-order chi connectivity index (χ1) is 10.7. The number of amides is 1. The molecule has 130 valence electrons. The van der Waals surface area contributed by atoms with Crippen LogP contribution >= 0.6 is 12.4 Å². The zero-order chi connectivity index (χ0) is 15.9. The molecule has 1 amide bonds. The minimum Gasteiger partial charge on any atom is -0.496 e. The Morgan fingerprint density at radius 1 is 1.13 bits per heavy atom. The van der Waals surface area contributed by atoms with Crippen LogP contribution in [0, 0.1) is 0 Å². The minimum atomic E-state index is -0.0973. The van der Waals surface area contributed by atoms with Crippen LogP contribution in [-0.4, -0.2) is 39.8 Å². The zero-order valence-electron chi connectivity index (χ0n) is 13.8. The summed E-state index contributed by atoms with van der Waals surface area (Å²) >= 11 is 0. The van der Waals surface area contributed by atoms with Crippen molar-refractivity contribution in [1.29, 1.82) is 0 Å². The molecule has 6 nitrogen and oxygen atoms in total. The molecule has 2 rings (SSSR count). The van der Waals surface area contributed by atoms with Gasteiger partial charge >= 0.3 is 0 Å². The van der Waals surface area contributed by atoms with Crippen molar-refractivity contribution in [3.63, 3.8) is 0 Å². The molecular formula is C16H25ClN2O4. The van der Waals surface area contributed by atoms with Gasteiger partial charge in [-0.05, 0) is 25.5 Å². The molecule has 1 heterocycles. The van der Waals surface area contributed by atoms with Gasteiger partial charge in [-0.1, -0.05) is 6.42 Å². The largest absolute Gasteiger partial charge is 0.496 e. The van der Waals surface area contributed by atoms with E-state index in [0.29, 0.717) is 23.8 Å². The molecule has 7 heteroatoms. The lowest BCUT2D eigenvalue weighted by Gasteiger charge is -2.23. The summed E-state index contributed by atoms with van der Waals surface area (Å²) in [5, 5.41) is 6.19. The van der Waals surface area contributed by atoms with E-state index in [1.165, 1.54) is 0 Å². The molecule has 1 aliphatic heterocycles. The van der Waals surface area contributed by atoms with Crippen molar-refractivity contribution in [3.8, 4) is 17.2 Å². The summed E-state index contributed by atoms with van der Waals surface area (Å²) in [4.78, 5) is 12.2. The van der Waals surface area contributed by atoms with Gasteiger partial charge in [0, 0.05) is 18.2 Å². The fourth-order valence-corrected chi connectivity index (χ4v) is 2.61. The fourth-order valence-electron chi connectivity index (χ4n) is 2.61. The van der Waals surface area contributed by atoms with Crippen molar-refractivity contribution < 1.29 is 19.0 Å². The maximum absolute atomic E-state index is 12.2. The van der Waals surface area contributed by atoms with Gasteiger partial charge in [-0.3, -0.25) is 4.79 Å². The molecule has 1 fully saturated rings. The van der Waals surface area contributed by atoms with E-state index >= 15 is 0 Å². The Morgan fingerprint density at radius 2 is 1.78 bits per heavy atom. The molecule has 0 spiro atoms. The number of hydrogen-bond donors (Lipinski definition) is 2. The number of hydrogen-bond acceptors (Lipinski definition) is 5. The lowest BCUT2D eigenvalue weighted by Crippen LogP contribution is -2.46. The van der Waals surface area contributed by atoms with Crippen molar-refractivity contribution in [2.24, 2.45) is 0 Å². The van der Waals surface area contributed by atoms with Crippen LogP contribution in [0.25, 0.3) is 0 Å². The summed E-state index contributed by atoms with van der Waals surface area (Å²) in [6.07, 6.45) is 3.10. The Hall–Kier alpha value is -1.66. The molecule has 23 heavy (non-hydrogen) atoms. The molecule has 1 aliphatic rings. The minimum absolute atomic E-state index is 0. The van der Waals surface area contributed by atoms with Crippen LogP contribution in [0.1, 0.15) is 24.8 Å². The summed E-state index contributed by atoms with van der Waals surface area (Å²) in [7, 11) is 4.75. The number of carbonyl (C=O) groups excluding carboxylic acids is 1. The summed E-state index contributed by atoms with van der Waals surface area (Å²) in [5.74, 6) is 1.90. The topological polar surface area (TPSA) is 68.8 Å². The highest BCUT2D eigenvalue weighted by molar-refractivity contribution is 5.85. The SMILES string of the molecule is COc1cc(OC)c(OC)cc1CNC(=O)C1CCCCN1.Cl. The molecule has 0 radical (unpaired) electrons. The molecule has 0 saturated carbocycles. The standard InChI is InChI=1S/C16H24N2O4.ClH/c1-20-13-9-15(22-3)14(21-2)8-11(13)10-18-16(19)12-6-4-5-7-17-12;/h8-9,12,17H,4-7,10H2,1-3H3,(H,18,19);1H. The highest BCUT2D eigenvalue weighted by atomic mass is 35.5. The first-order valence-electron chi connectivity index (χ1n) is 7.49. The number of piperidine rings is 1. The maximum atomic E-state index is 12.2. The van der Waals surface area contributed by atoms with Crippen LogP contribution in [-0.2, 0) is 11.3 Å². The maximum Gasteiger partial charge on any atom is 0.237 e. The van der Waals surface area contributed by atoms with E-state index in [4.69, 9.17) is 14.2 Å². The number of benzene rings is 1. The van der Waals surface area contributed by atoms with E-state index in [-0.39, 0.29) is 24.4 Å². The van der Waals surface area contributed by atoms with Crippen molar-refractivity contribution >= 4 is 18.3 Å². The van der Waals surface area contributed by atoms with Crippen LogP contribution in [0.3, 0.4) is 0 Å². The smallest absolute Gasteiger partial charge is 0.237 e. The van der Waals surface area contributed by atoms with E-state index in [0.717, 1.165) is 31.4 Å². The van der Waals surface area contributed by atoms with Crippen molar-refractivity contribution in [1.82, 2.24) is 10.6 Å². The number of methoxy groups -OCH3 is 3. The van der Waals surface area contributed by atoms with Crippen molar-refractivity contribution in [3.05, 3.63) is 17.7 Å². The number of nitrogens with one attached hydrogen (secondary N) is 2. The Morgan fingerprint density at radius 3 is 2.35 bits per heavy atom. The number of halogens is 1. The van der Waals surface area contributed by atoms with Gasteiger partial charge in [-0.25, -0.2) is 0 Å². The van der Waals surface area contributed by atoms with Crippen LogP contribution in [0.5, 0.6) is 17.2 Å². The van der Waals surface area contributed by atoms with Crippen molar-refractivity contribution in [2.75, 3.05) is 27.9 Å². The molecule has 1 aromatic carbocycles. The second-order valence-electron chi connectivity index (χ2n) is 5.24. The molecule has 1 atom stereocenters. The molecule has 0 aliphatic carbocycles. The fraction of sp³-hybridized carbons (Fsp3) is 0.562. The normalized spacial score (nSPS) is 16.9. The molecule has 1 aromatic rings. The van der Waals surface area contributed by atoms with Gasteiger partial charge in [0.2, 0.25) is 5.91 Å². The van der Waals surface area contributed by atoms with Crippen LogP contribution in [0.4, 0.5) is 0 Å². The summed E-state index contributed by atoms with van der Waals surface area (Å²) in [6.45, 7) is 1.29. The summed E-state index contributed by atoms with van der Waals surface area (Å²) in [5.41, 5.74) is 0.851. The highest BCUT2D eigenvalue weighted by Crippen LogP contribution is 2.34. The van der Waals surface area contributed by atoms with Gasteiger partial charge in [-0.2, -0.15) is 0 Å². The van der Waals surface area contributed by atoms with E-state index in [1.807, 2.05) is 6.07 Å². The Kier molecular flexibility index (Phi) is 7.98. The van der Waals surface area contributed by atoms with E-state index < -0.39 is 0 Å². The summed E-state index contributed by atoms with van der Waals surface area (Å²) < 4.78 is 15.9. The number of rotatable bonds is 6. The Balaban J connectivity index is 0.00000264. The highest BCUT2D eigenvalue weighted by Gasteiger charge is 2.20. The second-order valence-corrected chi connectivity index (χ2v) is 5.24. The lowest BCUT2D eigenvalue weighted by molar-refractivity contribution is -0.123. The summed E-state index contributed by atoms with van der Waals surface area (Å²) in [6, 6.07) is 3.49. The second kappa shape index (κ2) is 9.47. The van der Waals surface area contributed by atoms with E-state index in [9.17, 15) is 4.79 Å². The number of carbonyl (C=O) groups is 1. The molecule has 0 bridgehead atoms. The van der Waals surface area contributed by atoms with Gasteiger partial charge in [0.1, 0.15) is 5.75 Å². The van der Waals surface area contributed by atoms with Crippen LogP contribution < -0.4 is 24.8 Å². The Bertz CT molecular complexity index is 519. The number of ether oxygens (including phenoxy) is 3. The first-order valence-corrected chi connectivity index (χ1v) is 7.49. The van der Waals surface area contributed by atoms with Gasteiger partial charge in [0.05, 0.1) is 27.4 Å². The first kappa shape index (κ1) is 19.4. The average molecular weight is 345 g/mol. The van der Waals surface area contributed by atoms with E-state index in [2.05, 4.69) is 10.6 Å². The van der Waals surface area contributed by atoms with Crippen LogP contribution in [0.2, 0.25) is 0 Å². The van der Waals surface area contributed by atoms with Gasteiger partial charge < -0.3 is 24.8 Å². The van der Waals surface area contributed by atoms with Gasteiger partial charge in [0.25, 0.3) is 0 Å². The molecule has 1 saturated heterocycles. The average Bonchev–Trinajstić information content (AvgIpc) is 2.59. The van der Waals surface area contributed by atoms with Crippen molar-refractivity contribution in [2.45, 2.75) is 31.8 Å². The van der Waals surface area contributed by atoms with Gasteiger partial charge in [-0.15, -0.1) is 12.4 Å². The molecule has 1 unspecified atom stereocenters. The predicted octanol–water partition coefficient (Wildman–Crippen LogP) is 1.89. The quantitative estimate of drug-likeness (QED) is 0.824. The molecule has 0 aromatic heterocycles. The predicted molar refractivity (Wildman–Crippen MR) is 90.8 cm³/mol. The molecular weight excluding hydrogens is 320 g/mol. The lowest BCUT2D eigenvalue weighted by atomic mass is 10.0. The molecule has 2 N–H and O–H groups in total. The third-order valence-electron chi connectivity index (χ3n) is 3.87. The van der Waals surface area contributed by atoms with Gasteiger partial charge in [0.15, 0.2) is 11.5 Å². The monoisotopic (exact) mass is 344 g/mol. The Labute approximate surface area is 143 Å². The third-order valence-corrected chi connectivity index (χ3v) is 3.87. The van der Waals surface area contributed by atoms with E-state index in [1.54, 1.807) is 27.4 Å². The van der Waals surface area contributed by atoms with Crippen LogP contribution in [0.15, 0.2) is 12.1 Å². The third kappa shape index (κ3) is 4.91.